The van der Waals surface area contributed by atoms with Crippen LogP contribution in [-0.2, 0) is 11.2 Å². The molecule has 0 saturated heterocycles. The number of carbonyl (C=O) groups is 1. The average Bonchev–Trinajstić information content (AvgIpc) is 2.43. The summed E-state index contributed by atoms with van der Waals surface area (Å²) in [7, 11) is 0. The van der Waals surface area contributed by atoms with Crippen molar-refractivity contribution in [2.75, 3.05) is 0 Å². The van der Waals surface area contributed by atoms with Crippen molar-refractivity contribution in [3.05, 3.63) is 35.8 Å². The number of carbonyl (C=O) groups excluding carboxylic acids is 1. The van der Waals surface area contributed by atoms with E-state index in [2.05, 4.69) is 4.98 Å². The molecule has 1 heterocycles. The van der Waals surface area contributed by atoms with Gasteiger partial charge in [0.2, 0.25) is 5.91 Å². The molecular formula is C10H9FN2O. The lowest BCUT2D eigenvalue weighted by Gasteiger charge is -1.94. The molecule has 0 saturated carbocycles. The van der Waals surface area contributed by atoms with Crippen LogP contribution in [0.3, 0.4) is 0 Å². The van der Waals surface area contributed by atoms with Crippen molar-refractivity contribution in [3.63, 3.8) is 0 Å². The van der Waals surface area contributed by atoms with Crippen LogP contribution < -0.4 is 5.73 Å². The molecule has 1 aromatic carbocycles. The molecule has 0 spiro atoms. The van der Waals surface area contributed by atoms with Gasteiger partial charge in [-0.25, -0.2) is 0 Å². The van der Waals surface area contributed by atoms with Crippen LogP contribution >= 0.6 is 0 Å². The van der Waals surface area contributed by atoms with Gasteiger partial charge in [-0.3, -0.25) is 4.79 Å². The summed E-state index contributed by atoms with van der Waals surface area (Å²) in [5.74, 6) is -1.02. The number of H-pyrrole nitrogens is 1. The first kappa shape index (κ1) is 8.74. The maximum absolute atomic E-state index is 13.3. The molecule has 72 valence electrons. The van der Waals surface area contributed by atoms with Gasteiger partial charge >= 0.3 is 0 Å². The van der Waals surface area contributed by atoms with Crippen LogP contribution in [-0.4, -0.2) is 10.9 Å². The van der Waals surface area contributed by atoms with E-state index in [1.807, 2.05) is 0 Å². The molecule has 0 atom stereocenters. The van der Waals surface area contributed by atoms with E-state index in [0.29, 0.717) is 16.5 Å². The first-order chi connectivity index (χ1) is 6.68. The molecule has 0 aliphatic carbocycles. The van der Waals surface area contributed by atoms with Gasteiger partial charge in [0.05, 0.1) is 6.42 Å². The molecule has 0 unspecified atom stereocenters. The Balaban J connectivity index is 2.62. The smallest absolute Gasteiger partial charge is 0.222 e. The van der Waals surface area contributed by atoms with Gasteiger partial charge < -0.3 is 10.7 Å². The summed E-state index contributed by atoms with van der Waals surface area (Å²) in [5, 5.41) is 0.712. The minimum Gasteiger partial charge on any atom is -0.369 e. The third kappa shape index (κ3) is 1.35. The van der Waals surface area contributed by atoms with Crippen LogP contribution in [0.25, 0.3) is 10.9 Å². The van der Waals surface area contributed by atoms with Crippen molar-refractivity contribution in [2.45, 2.75) is 6.42 Å². The van der Waals surface area contributed by atoms with Crippen molar-refractivity contribution in [3.8, 4) is 0 Å². The number of hydrogen-bond donors (Lipinski definition) is 2. The van der Waals surface area contributed by atoms with Gasteiger partial charge in [0.15, 0.2) is 5.95 Å². The monoisotopic (exact) mass is 192 g/mol. The Kier molecular flexibility index (Phi) is 1.96. The molecule has 0 bridgehead atoms. The Bertz CT molecular complexity index is 490. The Morgan fingerprint density at radius 2 is 2.14 bits per heavy atom. The number of fused-ring (bicyclic) bond motifs is 1. The molecule has 1 aromatic heterocycles. The molecule has 0 aliphatic rings. The maximum Gasteiger partial charge on any atom is 0.222 e. The second kappa shape index (κ2) is 3.14. The number of para-hydroxylation sites is 1. The predicted octanol–water partition coefficient (Wildman–Crippen LogP) is 1.33. The molecule has 14 heavy (non-hydrogen) atoms. The van der Waals surface area contributed by atoms with Crippen LogP contribution in [0.15, 0.2) is 24.3 Å². The zero-order valence-electron chi connectivity index (χ0n) is 7.38. The highest BCUT2D eigenvalue weighted by Gasteiger charge is 2.12. The largest absolute Gasteiger partial charge is 0.369 e. The van der Waals surface area contributed by atoms with Crippen molar-refractivity contribution < 1.29 is 9.18 Å². The highest BCUT2D eigenvalue weighted by Crippen LogP contribution is 2.21. The minimum atomic E-state index is -0.534. The normalized spacial score (nSPS) is 10.6. The third-order valence-corrected chi connectivity index (χ3v) is 2.11. The van der Waals surface area contributed by atoms with Crippen molar-refractivity contribution >= 4 is 16.8 Å². The van der Waals surface area contributed by atoms with Gasteiger partial charge in [0, 0.05) is 16.5 Å². The molecule has 1 amide bonds. The lowest BCUT2D eigenvalue weighted by atomic mass is 10.1. The minimum absolute atomic E-state index is 0.0736. The van der Waals surface area contributed by atoms with Crippen LogP contribution in [0.1, 0.15) is 5.56 Å². The highest BCUT2D eigenvalue weighted by atomic mass is 19.1. The molecule has 4 heteroatoms. The lowest BCUT2D eigenvalue weighted by Crippen LogP contribution is -2.14. The first-order valence-electron chi connectivity index (χ1n) is 4.22. The van der Waals surface area contributed by atoms with E-state index in [1.54, 1.807) is 24.3 Å². The number of benzene rings is 1. The van der Waals surface area contributed by atoms with E-state index in [-0.39, 0.29) is 6.42 Å². The van der Waals surface area contributed by atoms with E-state index in [4.69, 9.17) is 5.73 Å². The Morgan fingerprint density at radius 1 is 1.43 bits per heavy atom. The van der Waals surface area contributed by atoms with E-state index in [0.717, 1.165) is 0 Å². The van der Waals surface area contributed by atoms with E-state index in [9.17, 15) is 9.18 Å². The third-order valence-electron chi connectivity index (χ3n) is 2.11. The van der Waals surface area contributed by atoms with Gasteiger partial charge in [-0.2, -0.15) is 4.39 Å². The summed E-state index contributed by atoms with van der Waals surface area (Å²) in [6, 6.07) is 7.10. The molecule has 3 nitrogen and oxygen atoms in total. The molecule has 3 N–H and O–H groups in total. The number of halogens is 1. The van der Waals surface area contributed by atoms with Crippen LogP contribution in [0, 0.1) is 5.95 Å². The average molecular weight is 192 g/mol. The zero-order chi connectivity index (χ0) is 10.1. The lowest BCUT2D eigenvalue weighted by molar-refractivity contribution is -0.117. The number of primary amides is 1. The topological polar surface area (TPSA) is 58.9 Å². The number of aromatic nitrogens is 1. The second-order valence-electron chi connectivity index (χ2n) is 3.11. The number of nitrogens with two attached hydrogens (primary N) is 1. The van der Waals surface area contributed by atoms with E-state index < -0.39 is 11.9 Å². The summed E-state index contributed by atoms with van der Waals surface area (Å²) < 4.78 is 13.3. The summed E-state index contributed by atoms with van der Waals surface area (Å²) in [6.45, 7) is 0. The van der Waals surface area contributed by atoms with Crippen LogP contribution in [0.5, 0.6) is 0 Å². The molecular weight excluding hydrogens is 183 g/mol. The van der Waals surface area contributed by atoms with Gasteiger partial charge in [-0.05, 0) is 6.07 Å². The van der Waals surface area contributed by atoms with Crippen molar-refractivity contribution in [1.82, 2.24) is 4.98 Å². The van der Waals surface area contributed by atoms with E-state index >= 15 is 0 Å². The first-order valence-corrected chi connectivity index (χ1v) is 4.22. The second-order valence-corrected chi connectivity index (χ2v) is 3.11. The summed E-state index contributed by atoms with van der Waals surface area (Å²) in [4.78, 5) is 13.3. The maximum atomic E-state index is 13.3. The van der Waals surface area contributed by atoms with Gasteiger partial charge in [-0.1, -0.05) is 18.2 Å². The number of amides is 1. The summed E-state index contributed by atoms with van der Waals surface area (Å²) in [5.41, 5.74) is 6.05. The fraction of sp³-hybridized carbons (Fsp3) is 0.100. The molecule has 0 fully saturated rings. The number of hydrogen-bond acceptors (Lipinski definition) is 1. The Morgan fingerprint density at radius 3 is 2.86 bits per heavy atom. The van der Waals surface area contributed by atoms with Gasteiger partial charge in [0.25, 0.3) is 0 Å². The van der Waals surface area contributed by atoms with Crippen LogP contribution in [0.4, 0.5) is 4.39 Å². The van der Waals surface area contributed by atoms with Gasteiger partial charge in [0.1, 0.15) is 0 Å². The van der Waals surface area contributed by atoms with Gasteiger partial charge in [-0.15, -0.1) is 0 Å². The standard InChI is InChI=1S/C10H9FN2O/c11-10-7(5-9(12)14)6-3-1-2-4-8(6)13-10/h1-4,13H,5H2,(H2,12,14). The molecule has 2 rings (SSSR count). The molecule has 0 radical (unpaired) electrons. The molecule has 2 aromatic rings. The summed E-state index contributed by atoms with van der Waals surface area (Å²) in [6.07, 6.45) is -0.0736. The number of nitrogens with one attached hydrogen (secondary N) is 1. The fourth-order valence-electron chi connectivity index (χ4n) is 1.51. The highest BCUT2D eigenvalue weighted by molar-refractivity contribution is 5.88. The van der Waals surface area contributed by atoms with Crippen LogP contribution in [0.2, 0.25) is 0 Å². The Hall–Kier alpha value is -1.84. The quantitative estimate of drug-likeness (QED) is 0.741. The molecule has 0 aliphatic heterocycles. The summed E-state index contributed by atoms with van der Waals surface area (Å²) >= 11 is 0. The van der Waals surface area contributed by atoms with Crippen molar-refractivity contribution in [2.24, 2.45) is 5.73 Å². The number of aromatic amines is 1. The van der Waals surface area contributed by atoms with Crippen molar-refractivity contribution in [1.29, 1.82) is 0 Å². The number of rotatable bonds is 2. The zero-order valence-corrected chi connectivity index (χ0v) is 7.38. The predicted molar refractivity (Wildman–Crippen MR) is 51.2 cm³/mol. The van der Waals surface area contributed by atoms with E-state index in [1.165, 1.54) is 0 Å². The fourth-order valence-corrected chi connectivity index (χ4v) is 1.51. The SMILES string of the molecule is NC(=O)Cc1c(F)[nH]c2ccccc12. The Labute approximate surface area is 79.7 Å².